The van der Waals surface area contributed by atoms with Crippen molar-refractivity contribution in [3.8, 4) is 5.75 Å². The highest BCUT2D eigenvalue weighted by Gasteiger charge is 2.35. The van der Waals surface area contributed by atoms with Crippen LogP contribution in [0.15, 0.2) is 67.0 Å². The van der Waals surface area contributed by atoms with E-state index in [4.69, 9.17) is 4.74 Å². The van der Waals surface area contributed by atoms with E-state index in [2.05, 4.69) is 15.0 Å². The fraction of sp³-hybridized carbons (Fsp3) is 0.222. The van der Waals surface area contributed by atoms with Crippen LogP contribution in [0.4, 0.5) is 0 Å². The number of para-hydroxylation sites is 1. The summed E-state index contributed by atoms with van der Waals surface area (Å²) in [6.45, 7) is 2.51. The number of nitrogens with one attached hydrogen (secondary N) is 1. The van der Waals surface area contributed by atoms with Gasteiger partial charge in [-0.25, -0.2) is 5.48 Å². The molecule has 2 aromatic heterocycles. The highest BCUT2D eigenvalue weighted by molar-refractivity contribution is 5.88. The summed E-state index contributed by atoms with van der Waals surface area (Å²) in [7, 11) is 0. The highest BCUT2D eigenvalue weighted by Crippen LogP contribution is 2.23. The maximum Gasteiger partial charge on any atom is 0.266 e. The second-order valence-electron chi connectivity index (χ2n) is 8.72. The number of pyridine rings is 1. The minimum absolute atomic E-state index is 0.0965. The van der Waals surface area contributed by atoms with Gasteiger partial charge in [0.25, 0.3) is 5.91 Å². The molecule has 1 atom stereocenters. The van der Waals surface area contributed by atoms with Gasteiger partial charge in [0, 0.05) is 35.5 Å². The van der Waals surface area contributed by atoms with Crippen LogP contribution in [0.5, 0.6) is 5.75 Å². The Morgan fingerprint density at radius 2 is 1.83 bits per heavy atom. The Balaban J connectivity index is 1.26. The van der Waals surface area contributed by atoms with Crippen molar-refractivity contribution in [1.82, 2.24) is 25.3 Å². The van der Waals surface area contributed by atoms with Crippen LogP contribution < -0.4 is 10.2 Å². The van der Waals surface area contributed by atoms with Crippen LogP contribution in [0.2, 0.25) is 0 Å². The van der Waals surface area contributed by atoms with Gasteiger partial charge in [-0.3, -0.25) is 29.7 Å². The maximum absolute atomic E-state index is 13.1. The zero-order valence-corrected chi connectivity index (χ0v) is 19.7. The lowest BCUT2D eigenvalue weighted by Crippen LogP contribution is -2.52. The first-order chi connectivity index (χ1) is 17.5. The molecule has 1 unspecified atom stereocenters. The number of amides is 2. The first-order valence-corrected chi connectivity index (χ1v) is 11.6. The molecule has 0 fully saturated rings. The van der Waals surface area contributed by atoms with Gasteiger partial charge in [0.2, 0.25) is 5.91 Å². The van der Waals surface area contributed by atoms with Crippen molar-refractivity contribution in [2.75, 3.05) is 0 Å². The largest absolute Gasteiger partial charge is 0.489 e. The van der Waals surface area contributed by atoms with E-state index in [1.165, 1.54) is 4.90 Å². The van der Waals surface area contributed by atoms with Crippen LogP contribution in [0.25, 0.3) is 10.9 Å². The molecule has 0 bridgehead atoms. The number of benzene rings is 2. The molecule has 5 rings (SSSR count). The van der Waals surface area contributed by atoms with Crippen LogP contribution in [0, 0.1) is 6.92 Å². The summed E-state index contributed by atoms with van der Waals surface area (Å²) in [5, 5.41) is 10.2. The van der Waals surface area contributed by atoms with Gasteiger partial charge in [-0.15, -0.1) is 0 Å². The molecule has 9 heteroatoms. The Bertz CT molecular complexity index is 1420. The van der Waals surface area contributed by atoms with Gasteiger partial charge in [0.15, 0.2) is 0 Å². The lowest BCUT2D eigenvalue weighted by Gasteiger charge is -2.34. The number of hydrogen-bond donors (Lipinski definition) is 2. The number of carbonyl (C=O) groups is 2. The second-order valence-corrected chi connectivity index (χ2v) is 8.72. The number of hydroxylamine groups is 1. The third-order valence-corrected chi connectivity index (χ3v) is 6.28. The van der Waals surface area contributed by atoms with E-state index in [1.54, 1.807) is 17.9 Å². The molecule has 9 nitrogen and oxygen atoms in total. The van der Waals surface area contributed by atoms with Gasteiger partial charge in [0.05, 0.1) is 29.9 Å². The summed E-state index contributed by atoms with van der Waals surface area (Å²) in [5.41, 5.74) is 6.66. The van der Waals surface area contributed by atoms with Crippen molar-refractivity contribution in [3.63, 3.8) is 0 Å². The summed E-state index contributed by atoms with van der Waals surface area (Å²) in [6.07, 6.45) is 3.39. The van der Waals surface area contributed by atoms with Crippen LogP contribution in [-0.2, 0) is 35.6 Å². The minimum Gasteiger partial charge on any atom is -0.489 e. The van der Waals surface area contributed by atoms with E-state index >= 15 is 0 Å². The molecular formula is C27H25N5O4. The van der Waals surface area contributed by atoms with Crippen molar-refractivity contribution >= 4 is 22.7 Å². The summed E-state index contributed by atoms with van der Waals surface area (Å²) in [5.74, 6) is -0.209. The van der Waals surface area contributed by atoms with Crippen LogP contribution in [0.3, 0.4) is 0 Å². The normalized spacial score (nSPS) is 14.8. The first-order valence-electron chi connectivity index (χ1n) is 11.6. The third kappa shape index (κ3) is 4.87. The number of aryl methyl sites for hydroxylation is 1. The molecule has 0 saturated heterocycles. The maximum atomic E-state index is 13.1. The molecule has 0 saturated carbocycles. The van der Waals surface area contributed by atoms with Gasteiger partial charge >= 0.3 is 0 Å². The summed E-state index contributed by atoms with van der Waals surface area (Å²) < 4.78 is 6.01. The SMILES string of the molecule is Cc1cc(COc2ccc(CC(=O)N3Cc4nccnc4CC3C(=O)NO)cc2)c2ccccc2n1. The third-order valence-electron chi connectivity index (χ3n) is 6.28. The van der Waals surface area contributed by atoms with E-state index in [0.29, 0.717) is 23.7 Å². The summed E-state index contributed by atoms with van der Waals surface area (Å²) in [6, 6.07) is 16.5. The zero-order valence-electron chi connectivity index (χ0n) is 19.7. The lowest BCUT2D eigenvalue weighted by atomic mass is 10.00. The van der Waals surface area contributed by atoms with Crippen LogP contribution in [0.1, 0.15) is 28.2 Å². The fourth-order valence-electron chi connectivity index (χ4n) is 4.49. The molecule has 0 spiro atoms. The standard InChI is InChI=1S/C27H25N5O4/c1-17-12-19(21-4-2-3-5-22(21)30-17)16-36-20-8-6-18(7-9-20)13-26(33)32-15-24-23(28-10-11-29-24)14-25(32)27(34)31-35/h2-12,25,35H,13-16H2,1H3,(H,31,34). The number of aromatic nitrogens is 3. The van der Waals surface area contributed by atoms with Gasteiger partial charge in [-0.1, -0.05) is 30.3 Å². The van der Waals surface area contributed by atoms with E-state index in [0.717, 1.165) is 27.7 Å². The topological polar surface area (TPSA) is 118 Å². The molecule has 2 aromatic carbocycles. The van der Waals surface area contributed by atoms with Gasteiger partial charge in [-0.2, -0.15) is 0 Å². The van der Waals surface area contributed by atoms with Gasteiger partial charge in [-0.05, 0) is 36.8 Å². The molecule has 182 valence electrons. The highest BCUT2D eigenvalue weighted by atomic mass is 16.5. The Hall–Kier alpha value is -4.37. The predicted octanol–water partition coefficient (Wildman–Crippen LogP) is 2.91. The number of nitrogens with zero attached hydrogens (tertiary/aromatic N) is 4. The van der Waals surface area contributed by atoms with Gasteiger partial charge in [0.1, 0.15) is 18.4 Å². The molecule has 4 aromatic rings. The Kier molecular flexibility index (Phi) is 6.55. The van der Waals surface area contributed by atoms with E-state index in [1.807, 2.05) is 61.5 Å². The molecule has 0 radical (unpaired) electrons. The molecule has 2 N–H and O–H groups in total. The number of rotatable bonds is 6. The second kappa shape index (κ2) is 10.1. The molecule has 3 heterocycles. The molecule has 2 amide bonds. The summed E-state index contributed by atoms with van der Waals surface area (Å²) in [4.78, 5) is 39.9. The molecule has 0 aliphatic carbocycles. The van der Waals surface area contributed by atoms with Gasteiger partial charge < -0.3 is 9.64 Å². The molecular weight excluding hydrogens is 458 g/mol. The smallest absolute Gasteiger partial charge is 0.266 e. The van der Waals surface area contributed by atoms with Crippen molar-refractivity contribution in [3.05, 3.63) is 95.2 Å². The van der Waals surface area contributed by atoms with Crippen LogP contribution in [-0.4, -0.2) is 42.9 Å². The first kappa shape index (κ1) is 23.4. The monoisotopic (exact) mass is 483 g/mol. The zero-order chi connectivity index (χ0) is 25.1. The Labute approximate surface area is 207 Å². The number of hydrogen-bond acceptors (Lipinski definition) is 7. The Morgan fingerprint density at radius 1 is 1.08 bits per heavy atom. The molecule has 1 aliphatic rings. The lowest BCUT2D eigenvalue weighted by molar-refractivity contribution is -0.145. The molecule has 36 heavy (non-hydrogen) atoms. The fourth-order valence-corrected chi connectivity index (χ4v) is 4.49. The Morgan fingerprint density at radius 3 is 2.61 bits per heavy atom. The predicted molar refractivity (Wildman–Crippen MR) is 131 cm³/mol. The average Bonchev–Trinajstić information content (AvgIpc) is 2.91. The van der Waals surface area contributed by atoms with E-state index in [9.17, 15) is 14.8 Å². The average molecular weight is 484 g/mol. The summed E-state index contributed by atoms with van der Waals surface area (Å²) >= 11 is 0. The van der Waals surface area contributed by atoms with Crippen molar-refractivity contribution in [2.24, 2.45) is 0 Å². The number of fused-ring (bicyclic) bond motifs is 2. The molecule has 1 aliphatic heterocycles. The minimum atomic E-state index is -0.854. The van der Waals surface area contributed by atoms with Crippen LogP contribution >= 0.6 is 0 Å². The van der Waals surface area contributed by atoms with Crippen molar-refractivity contribution < 1.29 is 19.5 Å². The van der Waals surface area contributed by atoms with E-state index in [-0.39, 0.29) is 25.3 Å². The quantitative estimate of drug-likeness (QED) is 0.320. The van der Waals surface area contributed by atoms with Crippen molar-refractivity contribution in [2.45, 2.75) is 39.0 Å². The van der Waals surface area contributed by atoms with E-state index < -0.39 is 11.9 Å². The number of ether oxygens (including phenoxy) is 1. The van der Waals surface area contributed by atoms with Crippen molar-refractivity contribution in [1.29, 1.82) is 0 Å². The number of carbonyl (C=O) groups excluding carboxylic acids is 2.